The highest BCUT2D eigenvalue weighted by atomic mass is 35.5. The van der Waals surface area contributed by atoms with Crippen molar-refractivity contribution < 1.29 is 14.3 Å². The Labute approximate surface area is 181 Å². The van der Waals surface area contributed by atoms with Crippen molar-refractivity contribution in [2.45, 2.75) is 45.8 Å². The zero-order chi connectivity index (χ0) is 21.1. The monoisotopic (exact) mass is 431 g/mol. The molecule has 0 radical (unpaired) electrons. The van der Waals surface area contributed by atoms with Gasteiger partial charge in [0.2, 0.25) is 5.91 Å². The van der Waals surface area contributed by atoms with Gasteiger partial charge in [-0.1, -0.05) is 53.5 Å². The lowest BCUT2D eigenvalue weighted by Crippen LogP contribution is -2.38. The lowest BCUT2D eigenvalue weighted by Gasteiger charge is -2.35. The second kappa shape index (κ2) is 9.02. The zero-order valence-corrected chi connectivity index (χ0v) is 18.1. The quantitative estimate of drug-likeness (QED) is 0.567. The minimum atomic E-state index is -0.446. The number of halogens is 2. The molecule has 4 nitrogen and oxygen atoms in total. The first-order valence-electron chi connectivity index (χ1n) is 9.49. The molecule has 0 aromatic heterocycles. The summed E-state index contributed by atoms with van der Waals surface area (Å²) in [7, 11) is 0. The Bertz CT molecular complexity index is 968. The van der Waals surface area contributed by atoms with Crippen LogP contribution in [0.1, 0.15) is 44.2 Å². The summed E-state index contributed by atoms with van der Waals surface area (Å²) in [6, 6.07) is 14.6. The van der Waals surface area contributed by atoms with Crippen molar-refractivity contribution in [2.24, 2.45) is 0 Å². The van der Waals surface area contributed by atoms with Crippen LogP contribution in [0.2, 0.25) is 10.0 Å². The van der Waals surface area contributed by atoms with E-state index in [9.17, 15) is 9.59 Å². The highest BCUT2D eigenvalue weighted by molar-refractivity contribution is 6.31. The predicted octanol–water partition coefficient (Wildman–Crippen LogP) is 5.74. The van der Waals surface area contributed by atoms with Crippen molar-refractivity contribution in [2.75, 3.05) is 0 Å². The Morgan fingerprint density at radius 2 is 1.90 bits per heavy atom. The van der Waals surface area contributed by atoms with Gasteiger partial charge < -0.3 is 9.64 Å². The Kier molecular flexibility index (Phi) is 6.66. The molecule has 3 rings (SSSR count). The first-order chi connectivity index (χ1) is 13.8. The molecule has 1 amide bonds. The first-order valence-corrected chi connectivity index (χ1v) is 10.2. The number of nitrogens with zero attached hydrogens (tertiary/aromatic N) is 1. The molecule has 0 fully saturated rings. The third-order valence-corrected chi connectivity index (χ3v) is 5.48. The molecule has 2 aromatic rings. The fourth-order valence-electron chi connectivity index (χ4n) is 3.59. The first kappa shape index (κ1) is 21.4. The standard InChI is InChI=1S/C23H23Cl2NO3/c1-14(2)29-23(28)22-15(3)26(13-16-7-6-8-17(24)11-16)21(27)12-19(22)18-9-4-5-10-20(18)25/h4-11,14,19H,12-13H2,1-3H3/t19-/m1/s1. The second-order valence-electron chi connectivity index (χ2n) is 7.34. The summed E-state index contributed by atoms with van der Waals surface area (Å²) < 4.78 is 5.51. The fraction of sp³-hybridized carbons (Fsp3) is 0.304. The smallest absolute Gasteiger partial charge is 0.336 e. The van der Waals surface area contributed by atoms with Crippen LogP contribution in [0.4, 0.5) is 0 Å². The van der Waals surface area contributed by atoms with Gasteiger partial charge >= 0.3 is 5.97 Å². The Morgan fingerprint density at radius 3 is 2.55 bits per heavy atom. The number of hydrogen-bond acceptors (Lipinski definition) is 3. The maximum atomic E-state index is 13.0. The van der Waals surface area contributed by atoms with E-state index in [-0.39, 0.29) is 18.4 Å². The Morgan fingerprint density at radius 1 is 1.17 bits per heavy atom. The molecule has 1 atom stereocenters. The van der Waals surface area contributed by atoms with E-state index in [0.717, 1.165) is 11.1 Å². The second-order valence-corrected chi connectivity index (χ2v) is 8.18. The van der Waals surface area contributed by atoms with Crippen molar-refractivity contribution in [1.29, 1.82) is 0 Å². The van der Waals surface area contributed by atoms with E-state index in [4.69, 9.17) is 27.9 Å². The van der Waals surface area contributed by atoms with Crippen molar-refractivity contribution in [3.05, 3.63) is 81.0 Å². The van der Waals surface area contributed by atoms with E-state index in [0.29, 0.717) is 27.9 Å². The highest BCUT2D eigenvalue weighted by Crippen LogP contribution is 2.40. The zero-order valence-electron chi connectivity index (χ0n) is 16.6. The molecule has 152 valence electrons. The van der Waals surface area contributed by atoms with Crippen LogP contribution in [0, 0.1) is 0 Å². The van der Waals surface area contributed by atoms with Gasteiger partial charge in [-0.15, -0.1) is 0 Å². The maximum absolute atomic E-state index is 13.0. The van der Waals surface area contributed by atoms with Crippen LogP contribution in [-0.4, -0.2) is 22.9 Å². The minimum Gasteiger partial charge on any atom is -0.460 e. The molecule has 0 saturated heterocycles. The average molecular weight is 432 g/mol. The van der Waals surface area contributed by atoms with Crippen LogP contribution in [0.25, 0.3) is 0 Å². The number of hydrogen-bond donors (Lipinski definition) is 0. The molecule has 6 heteroatoms. The largest absolute Gasteiger partial charge is 0.460 e. The number of allylic oxidation sites excluding steroid dienone is 1. The third-order valence-electron chi connectivity index (χ3n) is 4.90. The summed E-state index contributed by atoms with van der Waals surface area (Å²) in [5.41, 5.74) is 2.68. The van der Waals surface area contributed by atoms with Gasteiger partial charge in [-0.2, -0.15) is 0 Å². The molecule has 0 aliphatic carbocycles. The van der Waals surface area contributed by atoms with Gasteiger partial charge in [0.25, 0.3) is 0 Å². The van der Waals surface area contributed by atoms with Crippen LogP contribution in [0.3, 0.4) is 0 Å². The Hall–Kier alpha value is -2.30. The maximum Gasteiger partial charge on any atom is 0.336 e. The summed E-state index contributed by atoms with van der Waals surface area (Å²) >= 11 is 12.5. The normalized spacial score (nSPS) is 17.1. The number of ether oxygens (including phenoxy) is 1. The molecule has 0 N–H and O–H groups in total. The average Bonchev–Trinajstić information content (AvgIpc) is 2.64. The lowest BCUT2D eigenvalue weighted by molar-refractivity contribution is -0.143. The molecule has 1 aliphatic rings. The number of carbonyl (C=O) groups is 2. The third kappa shape index (κ3) is 4.82. The molecule has 1 heterocycles. The van der Waals surface area contributed by atoms with Crippen LogP contribution in [-0.2, 0) is 20.9 Å². The number of esters is 1. The molecule has 0 spiro atoms. The van der Waals surface area contributed by atoms with Gasteiger partial charge in [0.15, 0.2) is 0 Å². The van der Waals surface area contributed by atoms with Crippen LogP contribution in [0.5, 0.6) is 0 Å². The van der Waals surface area contributed by atoms with E-state index in [2.05, 4.69) is 0 Å². The van der Waals surface area contributed by atoms with E-state index in [1.807, 2.05) is 36.4 Å². The van der Waals surface area contributed by atoms with Crippen LogP contribution >= 0.6 is 23.2 Å². The van der Waals surface area contributed by atoms with Crippen LogP contribution < -0.4 is 0 Å². The summed E-state index contributed by atoms with van der Waals surface area (Å²) in [5, 5.41) is 1.12. The number of carbonyl (C=O) groups excluding carboxylic acids is 2. The summed E-state index contributed by atoms with van der Waals surface area (Å²) in [4.78, 5) is 27.7. The molecule has 2 aromatic carbocycles. The number of rotatable bonds is 5. The molecular formula is C23H23Cl2NO3. The highest BCUT2D eigenvalue weighted by Gasteiger charge is 2.37. The Balaban J connectivity index is 2.06. The fourth-order valence-corrected chi connectivity index (χ4v) is 4.07. The van der Waals surface area contributed by atoms with Crippen molar-refractivity contribution in [3.63, 3.8) is 0 Å². The van der Waals surface area contributed by atoms with E-state index < -0.39 is 11.9 Å². The van der Waals surface area contributed by atoms with E-state index >= 15 is 0 Å². The molecule has 0 unspecified atom stereocenters. The predicted molar refractivity (Wildman–Crippen MR) is 115 cm³/mol. The summed E-state index contributed by atoms with van der Waals surface area (Å²) in [6.45, 7) is 5.72. The van der Waals surface area contributed by atoms with Gasteiger partial charge in [0.05, 0.1) is 18.2 Å². The van der Waals surface area contributed by atoms with Crippen molar-refractivity contribution in [1.82, 2.24) is 4.90 Å². The molecule has 1 aliphatic heterocycles. The summed E-state index contributed by atoms with van der Waals surface area (Å²) in [6.07, 6.45) is -0.127. The van der Waals surface area contributed by atoms with Crippen molar-refractivity contribution >= 4 is 35.1 Å². The molecule has 0 saturated carbocycles. The molecular weight excluding hydrogens is 409 g/mol. The van der Waals surface area contributed by atoms with E-state index in [1.165, 1.54) is 0 Å². The van der Waals surface area contributed by atoms with Gasteiger partial charge in [-0.25, -0.2) is 4.79 Å². The van der Waals surface area contributed by atoms with Crippen molar-refractivity contribution in [3.8, 4) is 0 Å². The number of amides is 1. The van der Waals surface area contributed by atoms with E-state index in [1.54, 1.807) is 37.8 Å². The topological polar surface area (TPSA) is 46.6 Å². The SMILES string of the molecule is CC1=C(C(=O)OC(C)C)[C@@H](c2ccccc2Cl)CC(=O)N1Cc1cccc(Cl)c1. The summed E-state index contributed by atoms with van der Waals surface area (Å²) in [5.74, 6) is -0.947. The van der Waals surface area contributed by atoms with Gasteiger partial charge in [-0.3, -0.25) is 4.79 Å². The van der Waals surface area contributed by atoms with Gasteiger partial charge in [0, 0.05) is 28.1 Å². The molecule has 0 bridgehead atoms. The number of benzene rings is 2. The lowest BCUT2D eigenvalue weighted by atomic mass is 9.83. The van der Waals surface area contributed by atoms with Gasteiger partial charge in [-0.05, 0) is 50.1 Å². The van der Waals surface area contributed by atoms with Crippen LogP contribution in [0.15, 0.2) is 59.8 Å². The minimum absolute atomic E-state index is 0.0755. The van der Waals surface area contributed by atoms with Gasteiger partial charge in [0.1, 0.15) is 0 Å². The molecule has 29 heavy (non-hydrogen) atoms.